The number of hydrogen-bond acceptors (Lipinski definition) is 6. The van der Waals surface area contributed by atoms with Crippen LogP contribution in [0.4, 0.5) is 14.8 Å². The second-order valence-corrected chi connectivity index (χ2v) is 6.81. The number of nitrogen functional groups attached to an aromatic ring is 1. The van der Waals surface area contributed by atoms with Gasteiger partial charge < -0.3 is 24.2 Å². The molecule has 2 aromatic carbocycles. The average molecular weight is 400 g/mol. The SMILES string of the molecule is CCOc1cc2c3c(c1)nc(-c1cc(F)c4oc(N)nc4c1F)n3CCCCO2. The fraction of sp³-hybridized carbons (Fsp3) is 0.300. The minimum atomic E-state index is -0.752. The topological polar surface area (TPSA) is 88.3 Å². The van der Waals surface area contributed by atoms with Gasteiger partial charge >= 0.3 is 0 Å². The zero-order valence-electron chi connectivity index (χ0n) is 15.7. The molecule has 4 aromatic rings. The summed E-state index contributed by atoms with van der Waals surface area (Å²) in [5.41, 5.74) is 6.22. The fourth-order valence-corrected chi connectivity index (χ4v) is 3.74. The maximum absolute atomic E-state index is 15.2. The number of fused-ring (bicyclic) bond motifs is 1. The predicted molar refractivity (Wildman–Crippen MR) is 103 cm³/mol. The molecule has 0 spiro atoms. The molecule has 2 aromatic heterocycles. The first-order valence-corrected chi connectivity index (χ1v) is 9.41. The Labute approximate surface area is 164 Å². The van der Waals surface area contributed by atoms with Crippen LogP contribution in [0.5, 0.6) is 11.5 Å². The van der Waals surface area contributed by atoms with E-state index in [1.165, 1.54) is 0 Å². The number of hydrogen-bond donors (Lipinski definition) is 1. The number of rotatable bonds is 3. The number of nitrogens with zero attached hydrogens (tertiary/aromatic N) is 3. The molecule has 3 heterocycles. The lowest BCUT2D eigenvalue weighted by atomic mass is 10.1. The molecular weight excluding hydrogens is 382 g/mol. The molecule has 0 atom stereocenters. The Bertz CT molecular complexity index is 1250. The summed E-state index contributed by atoms with van der Waals surface area (Å²) in [7, 11) is 0. The first-order chi connectivity index (χ1) is 14.1. The number of anilines is 1. The molecule has 7 nitrogen and oxygen atoms in total. The molecular formula is C20H18F2N4O3. The largest absolute Gasteiger partial charge is 0.494 e. The Morgan fingerprint density at radius 1 is 1.21 bits per heavy atom. The molecule has 0 fully saturated rings. The highest BCUT2D eigenvalue weighted by Crippen LogP contribution is 2.38. The van der Waals surface area contributed by atoms with Crippen molar-refractivity contribution in [3.05, 3.63) is 29.8 Å². The van der Waals surface area contributed by atoms with Crippen LogP contribution in [0.15, 0.2) is 22.6 Å². The minimum absolute atomic E-state index is 0.0102. The smallest absolute Gasteiger partial charge is 0.293 e. The number of oxazole rings is 1. The predicted octanol–water partition coefficient (Wildman–Crippen LogP) is 4.28. The molecule has 150 valence electrons. The second kappa shape index (κ2) is 6.61. The number of imidazole rings is 1. The Morgan fingerprint density at radius 2 is 2.07 bits per heavy atom. The van der Waals surface area contributed by atoms with Crippen LogP contribution < -0.4 is 15.2 Å². The first kappa shape index (κ1) is 17.7. The van der Waals surface area contributed by atoms with Gasteiger partial charge in [0.15, 0.2) is 22.7 Å². The monoisotopic (exact) mass is 400 g/mol. The number of aromatic nitrogens is 3. The van der Waals surface area contributed by atoms with Crippen molar-refractivity contribution in [1.82, 2.24) is 14.5 Å². The van der Waals surface area contributed by atoms with E-state index in [0.717, 1.165) is 24.4 Å². The third kappa shape index (κ3) is 2.76. The van der Waals surface area contributed by atoms with Gasteiger partial charge in [-0.05, 0) is 25.8 Å². The number of benzene rings is 2. The van der Waals surface area contributed by atoms with Crippen molar-refractivity contribution in [2.24, 2.45) is 0 Å². The summed E-state index contributed by atoms with van der Waals surface area (Å²) in [6.45, 7) is 3.53. The molecule has 0 unspecified atom stereocenters. The van der Waals surface area contributed by atoms with Gasteiger partial charge in [-0.3, -0.25) is 0 Å². The first-order valence-electron chi connectivity index (χ1n) is 9.41. The molecule has 0 saturated carbocycles. The third-order valence-corrected chi connectivity index (χ3v) is 4.94. The van der Waals surface area contributed by atoms with Crippen molar-refractivity contribution in [2.45, 2.75) is 26.3 Å². The Kier molecular flexibility index (Phi) is 4.04. The molecule has 9 heteroatoms. The van der Waals surface area contributed by atoms with Gasteiger partial charge in [0.2, 0.25) is 0 Å². The van der Waals surface area contributed by atoms with Gasteiger partial charge in [-0.25, -0.2) is 13.8 Å². The molecule has 0 saturated heterocycles. The Hall–Kier alpha value is -3.36. The highest BCUT2D eigenvalue weighted by atomic mass is 19.1. The molecule has 0 bridgehead atoms. The number of halogens is 2. The Balaban J connectivity index is 1.81. The van der Waals surface area contributed by atoms with Crippen LogP contribution >= 0.6 is 0 Å². The normalized spacial score (nSPS) is 14.0. The molecule has 2 N–H and O–H groups in total. The van der Waals surface area contributed by atoms with Gasteiger partial charge in [-0.1, -0.05) is 0 Å². The van der Waals surface area contributed by atoms with Crippen molar-refractivity contribution >= 4 is 28.1 Å². The highest BCUT2D eigenvalue weighted by Gasteiger charge is 2.25. The van der Waals surface area contributed by atoms with Crippen molar-refractivity contribution in [3.8, 4) is 22.9 Å². The number of ether oxygens (including phenoxy) is 2. The lowest BCUT2D eigenvalue weighted by Crippen LogP contribution is -2.09. The summed E-state index contributed by atoms with van der Waals surface area (Å²) in [6, 6.07) is 4.34. The zero-order chi connectivity index (χ0) is 20.1. The van der Waals surface area contributed by atoms with Crippen molar-refractivity contribution < 1.29 is 22.7 Å². The van der Waals surface area contributed by atoms with Crippen molar-refractivity contribution in [2.75, 3.05) is 18.9 Å². The average Bonchev–Trinajstić information content (AvgIpc) is 3.23. The van der Waals surface area contributed by atoms with Crippen LogP contribution in [0.25, 0.3) is 33.5 Å². The fourth-order valence-electron chi connectivity index (χ4n) is 3.74. The van der Waals surface area contributed by atoms with Crippen LogP contribution in [-0.4, -0.2) is 27.7 Å². The van der Waals surface area contributed by atoms with E-state index in [0.29, 0.717) is 42.6 Å². The van der Waals surface area contributed by atoms with E-state index in [4.69, 9.17) is 19.6 Å². The van der Waals surface area contributed by atoms with E-state index in [-0.39, 0.29) is 22.7 Å². The van der Waals surface area contributed by atoms with E-state index >= 15 is 4.39 Å². The van der Waals surface area contributed by atoms with Gasteiger partial charge in [0.25, 0.3) is 6.01 Å². The molecule has 0 aliphatic carbocycles. The number of aryl methyl sites for hydroxylation is 1. The van der Waals surface area contributed by atoms with E-state index in [9.17, 15) is 4.39 Å². The highest BCUT2D eigenvalue weighted by molar-refractivity contribution is 5.89. The summed E-state index contributed by atoms with van der Waals surface area (Å²) in [5, 5.41) is 0. The van der Waals surface area contributed by atoms with Crippen LogP contribution in [0.3, 0.4) is 0 Å². The van der Waals surface area contributed by atoms with E-state index in [1.807, 2.05) is 11.5 Å². The molecule has 1 aliphatic heterocycles. The summed E-state index contributed by atoms with van der Waals surface area (Å²) in [6.07, 6.45) is 1.64. The summed E-state index contributed by atoms with van der Waals surface area (Å²) >= 11 is 0. The maximum Gasteiger partial charge on any atom is 0.293 e. The van der Waals surface area contributed by atoms with Crippen molar-refractivity contribution in [3.63, 3.8) is 0 Å². The third-order valence-electron chi connectivity index (χ3n) is 4.94. The second-order valence-electron chi connectivity index (χ2n) is 6.81. The number of nitrogens with two attached hydrogens (primary N) is 1. The van der Waals surface area contributed by atoms with Crippen LogP contribution in [0, 0.1) is 11.6 Å². The standard InChI is InChI=1S/C20H18F2N4O3/c1-2-27-10-7-13-17-14(8-10)28-6-4-3-5-26(17)19(24-13)11-9-12(21)18-16(15(11)22)25-20(23)29-18/h7-9H,2-6H2,1H3,(H2,23,25). The summed E-state index contributed by atoms with van der Waals surface area (Å²) < 4.78 is 48.2. The molecule has 1 aliphatic rings. The lowest BCUT2D eigenvalue weighted by molar-refractivity contribution is 0.294. The molecule has 29 heavy (non-hydrogen) atoms. The van der Waals surface area contributed by atoms with E-state index in [1.54, 1.807) is 12.1 Å². The zero-order valence-corrected chi connectivity index (χ0v) is 15.7. The summed E-state index contributed by atoms with van der Waals surface area (Å²) in [4.78, 5) is 8.39. The Morgan fingerprint density at radius 3 is 2.90 bits per heavy atom. The van der Waals surface area contributed by atoms with Gasteiger partial charge in [0.05, 0.1) is 24.3 Å². The molecule has 0 radical (unpaired) electrons. The van der Waals surface area contributed by atoms with E-state index in [2.05, 4.69) is 9.97 Å². The van der Waals surface area contributed by atoms with Crippen LogP contribution in [-0.2, 0) is 6.54 Å². The van der Waals surface area contributed by atoms with Gasteiger partial charge in [0, 0.05) is 18.7 Å². The van der Waals surface area contributed by atoms with Gasteiger partial charge in [-0.15, -0.1) is 0 Å². The van der Waals surface area contributed by atoms with Crippen LogP contribution in [0.1, 0.15) is 19.8 Å². The minimum Gasteiger partial charge on any atom is -0.494 e. The van der Waals surface area contributed by atoms with Gasteiger partial charge in [0.1, 0.15) is 22.8 Å². The van der Waals surface area contributed by atoms with Crippen LogP contribution in [0.2, 0.25) is 0 Å². The lowest BCUT2D eigenvalue weighted by Gasteiger charge is -2.17. The maximum atomic E-state index is 15.2. The molecule has 5 rings (SSSR count). The molecule has 0 amide bonds. The van der Waals surface area contributed by atoms with Crippen molar-refractivity contribution in [1.29, 1.82) is 0 Å². The van der Waals surface area contributed by atoms with Gasteiger partial charge in [-0.2, -0.15) is 4.98 Å². The quantitative estimate of drug-likeness (QED) is 0.552. The summed E-state index contributed by atoms with van der Waals surface area (Å²) in [5.74, 6) is 0.0243. The van der Waals surface area contributed by atoms with E-state index < -0.39 is 11.6 Å².